The van der Waals surface area contributed by atoms with Gasteiger partial charge in [0.05, 0.1) is 13.0 Å². The molecule has 18 heavy (non-hydrogen) atoms. The van der Waals surface area contributed by atoms with E-state index in [0.717, 1.165) is 27.6 Å². The summed E-state index contributed by atoms with van der Waals surface area (Å²) in [5.74, 6) is 0.559. The van der Waals surface area contributed by atoms with Gasteiger partial charge in [-0.1, -0.05) is 40.2 Å². The van der Waals surface area contributed by atoms with Gasteiger partial charge >= 0.3 is 0 Å². The zero-order valence-corrected chi connectivity index (χ0v) is 11.6. The summed E-state index contributed by atoms with van der Waals surface area (Å²) in [6, 6.07) is 15.3. The molecule has 0 aliphatic carbocycles. The molecule has 0 N–H and O–H groups in total. The van der Waals surface area contributed by atoms with Gasteiger partial charge in [0.2, 0.25) is 0 Å². The zero-order valence-electron chi connectivity index (χ0n) is 9.97. The van der Waals surface area contributed by atoms with Crippen LogP contribution >= 0.6 is 15.9 Å². The highest BCUT2D eigenvalue weighted by Gasteiger charge is 2.12. The Balaban J connectivity index is 2.32. The summed E-state index contributed by atoms with van der Waals surface area (Å²) in [4.78, 5) is 11.3. The number of hydrogen-bond acceptors (Lipinski definition) is 2. The molecule has 1 atom stereocenters. The molecule has 0 aliphatic heterocycles. The van der Waals surface area contributed by atoms with Crippen molar-refractivity contribution >= 4 is 22.2 Å². The maximum absolute atomic E-state index is 11.3. The molecule has 0 radical (unpaired) electrons. The lowest BCUT2D eigenvalue weighted by atomic mass is 9.93. The van der Waals surface area contributed by atoms with Gasteiger partial charge in [-0.25, -0.2) is 0 Å². The van der Waals surface area contributed by atoms with E-state index in [0.29, 0.717) is 0 Å². The predicted molar refractivity (Wildman–Crippen MR) is 75.0 cm³/mol. The van der Waals surface area contributed by atoms with Crippen LogP contribution in [0.2, 0.25) is 0 Å². The number of benzene rings is 2. The number of hydrogen-bond donors (Lipinski definition) is 0. The van der Waals surface area contributed by atoms with E-state index in [1.165, 1.54) is 0 Å². The predicted octanol–water partition coefficient (Wildman–Crippen LogP) is 3.79. The van der Waals surface area contributed by atoms with Gasteiger partial charge in [-0.15, -0.1) is 0 Å². The van der Waals surface area contributed by atoms with Crippen molar-refractivity contribution in [3.63, 3.8) is 0 Å². The third-order valence-corrected chi connectivity index (χ3v) is 3.37. The molecule has 0 spiro atoms. The van der Waals surface area contributed by atoms with Gasteiger partial charge in [0.1, 0.15) is 12.0 Å². The average Bonchev–Trinajstić information content (AvgIpc) is 2.42. The maximum Gasteiger partial charge on any atom is 0.131 e. The second-order valence-electron chi connectivity index (χ2n) is 3.94. The van der Waals surface area contributed by atoms with Crippen molar-refractivity contribution in [3.8, 4) is 5.75 Å². The van der Waals surface area contributed by atoms with Crippen molar-refractivity contribution in [2.24, 2.45) is 0 Å². The minimum atomic E-state index is -0.232. The fraction of sp³-hybridized carbons (Fsp3) is 0.133. The Bertz CT molecular complexity index is 517. The quantitative estimate of drug-likeness (QED) is 0.803. The molecule has 0 aromatic heterocycles. The second-order valence-corrected chi connectivity index (χ2v) is 4.85. The van der Waals surface area contributed by atoms with E-state index in [1.807, 2.05) is 48.5 Å². The molecule has 2 aromatic carbocycles. The molecular weight excluding hydrogens is 292 g/mol. The van der Waals surface area contributed by atoms with Crippen LogP contribution in [0.15, 0.2) is 53.0 Å². The summed E-state index contributed by atoms with van der Waals surface area (Å²) in [6.45, 7) is 0. The average molecular weight is 305 g/mol. The van der Waals surface area contributed by atoms with E-state index in [4.69, 9.17) is 4.74 Å². The highest BCUT2D eigenvalue weighted by molar-refractivity contribution is 9.10. The molecule has 92 valence electrons. The molecule has 0 saturated carbocycles. The van der Waals surface area contributed by atoms with Crippen LogP contribution in [0.25, 0.3) is 0 Å². The SMILES string of the molecule is COc1ccc(C(C=O)c2ccc(Br)cc2)cc1. The highest BCUT2D eigenvalue weighted by Crippen LogP contribution is 2.25. The maximum atomic E-state index is 11.3. The third kappa shape index (κ3) is 2.79. The number of halogens is 1. The van der Waals surface area contributed by atoms with Gasteiger partial charge in [-0.05, 0) is 35.4 Å². The summed E-state index contributed by atoms with van der Waals surface area (Å²) in [7, 11) is 1.63. The monoisotopic (exact) mass is 304 g/mol. The summed E-state index contributed by atoms with van der Waals surface area (Å²) < 4.78 is 6.11. The molecule has 0 saturated heterocycles. The molecule has 0 bridgehead atoms. The molecule has 2 nitrogen and oxygen atoms in total. The number of rotatable bonds is 4. The van der Waals surface area contributed by atoms with E-state index < -0.39 is 0 Å². The smallest absolute Gasteiger partial charge is 0.131 e. The first-order valence-electron chi connectivity index (χ1n) is 5.59. The van der Waals surface area contributed by atoms with Crippen molar-refractivity contribution in [1.29, 1.82) is 0 Å². The number of ether oxygens (including phenoxy) is 1. The first kappa shape index (κ1) is 12.8. The standard InChI is InChI=1S/C15H13BrO2/c1-18-14-8-4-12(5-9-14)15(10-17)11-2-6-13(16)7-3-11/h2-10,15H,1H3. The van der Waals surface area contributed by atoms with Crippen LogP contribution in [-0.4, -0.2) is 13.4 Å². The first-order chi connectivity index (χ1) is 8.74. The number of methoxy groups -OCH3 is 1. The molecule has 0 amide bonds. The van der Waals surface area contributed by atoms with Crippen LogP contribution in [-0.2, 0) is 4.79 Å². The Morgan fingerprint density at radius 2 is 1.50 bits per heavy atom. The van der Waals surface area contributed by atoms with E-state index >= 15 is 0 Å². The van der Waals surface area contributed by atoms with Gasteiger partial charge in [0, 0.05) is 4.47 Å². The van der Waals surface area contributed by atoms with Crippen molar-refractivity contribution in [3.05, 3.63) is 64.1 Å². The van der Waals surface area contributed by atoms with Crippen molar-refractivity contribution < 1.29 is 9.53 Å². The molecule has 3 heteroatoms. The Morgan fingerprint density at radius 1 is 1.00 bits per heavy atom. The fourth-order valence-electron chi connectivity index (χ4n) is 1.83. The van der Waals surface area contributed by atoms with Gasteiger partial charge < -0.3 is 9.53 Å². The molecule has 2 rings (SSSR count). The summed E-state index contributed by atoms with van der Waals surface area (Å²) in [5, 5.41) is 0. The Hall–Kier alpha value is -1.61. The van der Waals surface area contributed by atoms with Crippen LogP contribution in [0, 0.1) is 0 Å². The molecular formula is C15H13BrO2. The van der Waals surface area contributed by atoms with Crippen molar-refractivity contribution in [2.45, 2.75) is 5.92 Å². The molecule has 0 heterocycles. The van der Waals surface area contributed by atoms with E-state index in [2.05, 4.69) is 15.9 Å². The van der Waals surface area contributed by atoms with Crippen LogP contribution < -0.4 is 4.74 Å². The van der Waals surface area contributed by atoms with E-state index in [9.17, 15) is 4.79 Å². The van der Waals surface area contributed by atoms with Crippen molar-refractivity contribution in [1.82, 2.24) is 0 Å². The Kier molecular flexibility index (Phi) is 4.15. The van der Waals surface area contributed by atoms with Gasteiger partial charge in [-0.2, -0.15) is 0 Å². The first-order valence-corrected chi connectivity index (χ1v) is 6.38. The van der Waals surface area contributed by atoms with Crippen molar-refractivity contribution in [2.75, 3.05) is 7.11 Å². The fourth-order valence-corrected chi connectivity index (χ4v) is 2.10. The lowest BCUT2D eigenvalue weighted by Crippen LogP contribution is -2.02. The number of carbonyl (C=O) groups is 1. The third-order valence-electron chi connectivity index (χ3n) is 2.84. The topological polar surface area (TPSA) is 26.3 Å². The number of aldehydes is 1. The zero-order chi connectivity index (χ0) is 13.0. The molecule has 2 aromatic rings. The lowest BCUT2D eigenvalue weighted by molar-refractivity contribution is -0.108. The summed E-state index contributed by atoms with van der Waals surface area (Å²) in [6.07, 6.45) is 0.963. The van der Waals surface area contributed by atoms with Crippen LogP contribution in [0.5, 0.6) is 5.75 Å². The Labute approximate surface area is 115 Å². The molecule has 0 aliphatic rings. The number of carbonyl (C=O) groups excluding carboxylic acids is 1. The summed E-state index contributed by atoms with van der Waals surface area (Å²) >= 11 is 3.39. The summed E-state index contributed by atoms with van der Waals surface area (Å²) in [5.41, 5.74) is 1.95. The van der Waals surface area contributed by atoms with Crippen LogP contribution in [0.3, 0.4) is 0 Å². The van der Waals surface area contributed by atoms with Crippen LogP contribution in [0.1, 0.15) is 17.0 Å². The minimum absolute atomic E-state index is 0.232. The molecule has 1 unspecified atom stereocenters. The van der Waals surface area contributed by atoms with E-state index in [1.54, 1.807) is 7.11 Å². The van der Waals surface area contributed by atoms with E-state index in [-0.39, 0.29) is 5.92 Å². The highest BCUT2D eigenvalue weighted by atomic mass is 79.9. The van der Waals surface area contributed by atoms with Gasteiger partial charge in [0.25, 0.3) is 0 Å². The largest absolute Gasteiger partial charge is 0.497 e. The van der Waals surface area contributed by atoms with Gasteiger partial charge in [0.15, 0.2) is 0 Å². The normalized spacial score (nSPS) is 11.9. The Morgan fingerprint density at radius 3 is 1.94 bits per heavy atom. The van der Waals surface area contributed by atoms with Crippen LogP contribution in [0.4, 0.5) is 0 Å². The molecule has 0 fully saturated rings. The minimum Gasteiger partial charge on any atom is -0.497 e. The lowest BCUT2D eigenvalue weighted by Gasteiger charge is -2.12. The second kappa shape index (κ2) is 5.83. The van der Waals surface area contributed by atoms with Gasteiger partial charge in [-0.3, -0.25) is 0 Å².